The normalized spacial score (nSPS) is 16.8. The van der Waals surface area contributed by atoms with Gasteiger partial charge in [-0.1, -0.05) is 42.5 Å². The summed E-state index contributed by atoms with van der Waals surface area (Å²) in [5, 5.41) is 0. The molecule has 2 aromatic rings. The van der Waals surface area contributed by atoms with Gasteiger partial charge in [-0.25, -0.2) is 4.99 Å². The van der Waals surface area contributed by atoms with E-state index in [0.717, 1.165) is 11.5 Å². The van der Waals surface area contributed by atoms with Crippen LogP contribution in [0.4, 0.5) is 0 Å². The van der Waals surface area contributed by atoms with Gasteiger partial charge in [-0.15, -0.1) is 0 Å². The molecule has 0 bridgehead atoms. The average Bonchev–Trinajstić information content (AvgIpc) is 2.80. The minimum atomic E-state index is -0.113. The van der Waals surface area contributed by atoms with Crippen LogP contribution in [0.15, 0.2) is 59.6 Å². The van der Waals surface area contributed by atoms with Crippen LogP contribution in [0, 0.1) is 0 Å². The molecule has 0 unspecified atom stereocenters. The lowest BCUT2D eigenvalue weighted by Gasteiger charge is -2.07. The van der Waals surface area contributed by atoms with Gasteiger partial charge in [-0.3, -0.25) is 0 Å². The molecule has 0 saturated heterocycles. The van der Waals surface area contributed by atoms with Gasteiger partial charge in [0.2, 0.25) is 5.90 Å². The van der Waals surface area contributed by atoms with Gasteiger partial charge in [0.25, 0.3) is 0 Å². The first-order valence-corrected chi connectivity index (χ1v) is 6.53. The Balaban J connectivity index is 1.98. The topological polar surface area (TPSA) is 21.6 Å². The lowest BCUT2D eigenvalue weighted by Crippen LogP contribution is -2.17. The van der Waals surface area contributed by atoms with Gasteiger partial charge in [0.05, 0.1) is 5.54 Å². The molecule has 0 N–H and O–H groups in total. The van der Waals surface area contributed by atoms with Gasteiger partial charge in [0.1, 0.15) is 6.61 Å². The third kappa shape index (κ3) is 2.53. The number of nitrogens with zero attached hydrogens (tertiary/aromatic N) is 1. The van der Waals surface area contributed by atoms with E-state index in [1.54, 1.807) is 0 Å². The summed E-state index contributed by atoms with van der Waals surface area (Å²) in [6, 6.07) is 18.7. The third-order valence-corrected chi connectivity index (χ3v) is 3.18. The van der Waals surface area contributed by atoms with Crippen LogP contribution >= 0.6 is 0 Å². The lowest BCUT2D eigenvalue weighted by molar-refractivity contribution is 0.279. The van der Waals surface area contributed by atoms with Crippen LogP contribution in [0.25, 0.3) is 11.1 Å². The lowest BCUT2D eigenvalue weighted by atomic mass is 10.0. The molecule has 3 rings (SSSR count). The van der Waals surface area contributed by atoms with Crippen LogP contribution < -0.4 is 0 Å². The first-order valence-electron chi connectivity index (χ1n) is 6.53. The molecule has 0 spiro atoms. The standard InChI is InChI=1S/C17H17NO/c1-17(2)12-19-16(18-17)15-10-6-9-14(11-15)13-7-4-3-5-8-13/h3-11H,12H2,1-2H3. The fourth-order valence-electron chi connectivity index (χ4n) is 2.19. The van der Waals surface area contributed by atoms with Crippen molar-refractivity contribution in [2.75, 3.05) is 6.61 Å². The Morgan fingerprint density at radius 3 is 2.26 bits per heavy atom. The molecule has 0 aliphatic carbocycles. The second-order valence-electron chi connectivity index (χ2n) is 5.46. The molecule has 0 fully saturated rings. The predicted molar refractivity (Wildman–Crippen MR) is 78.4 cm³/mol. The van der Waals surface area contributed by atoms with Gasteiger partial charge in [0, 0.05) is 5.56 Å². The fourth-order valence-corrected chi connectivity index (χ4v) is 2.19. The van der Waals surface area contributed by atoms with E-state index >= 15 is 0 Å². The van der Waals surface area contributed by atoms with Crippen LogP contribution in [0.2, 0.25) is 0 Å². The Kier molecular flexibility index (Phi) is 2.86. The number of hydrogen-bond acceptors (Lipinski definition) is 2. The van der Waals surface area contributed by atoms with Crippen molar-refractivity contribution in [1.82, 2.24) is 0 Å². The molecule has 0 radical (unpaired) electrons. The molecule has 1 aliphatic heterocycles. The maximum atomic E-state index is 5.70. The number of rotatable bonds is 2. The van der Waals surface area contributed by atoms with Crippen molar-refractivity contribution in [3.8, 4) is 11.1 Å². The Morgan fingerprint density at radius 1 is 0.895 bits per heavy atom. The maximum absolute atomic E-state index is 5.70. The summed E-state index contributed by atoms with van der Waals surface area (Å²) < 4.78 is 5.70. The largest absolute Gasteiger partial charge is 0.475 e. The summed E-state index contributed by atoms with van der Waals surface area (Å²) in [7, 11) is 0. The van der Waals surface area contributed by atoms with Crippen molar-refractivity contribution in [2.45, 2.75) is 19.4 Å². The summed E-state index contributed by atoms with van der Waals surface area (Å²) >= 11 is 0. The zero-order valence-corrected chi connectivity index (χ0v) is 11.3. The molecule has 2 nitrogen and oxygen atoms in total. The highest BCUT2D eigenvalue weighted by Gasteiger charge is 2.26. The highest BCUT2D eigenvalue weighted by Crippen LogP contribution is 2.24. The summed E-state index contributed by atoms with van der Waals surface area (Å²) in [5.41, 5.74) is 3.33. The van der Waals surface area contributed by atoms with Crippen molar-refractivity contribution in [1.29, 1.82) is 0 Å². The van der Waals surface area contributed by atoms with Crippen molar-refractivity contribution in [2.24, 2.45) is 4.99 Å². The molecule has 0 amide bonds. The van der Waals surface area contributed by atoms with Crippen LogP contribution in [-0.2, 0) is 4.74 Å². The zero-order valence-electron chi connectivity index (χ0n) is 11.3. The Bertz CT molecular complexity index is 614. The van der Waals surface area contributed by atoms with Crippen LogP contribution in [0.3, 0.4) is 0 Å². The van der Waals surface area contributed by atoms with Crippen LogP contribution in [0.5, 0.6) is 0 Å². The van der Waals surface area contributed by atoms with Gasteiger partial charge >= 0.3 is 0 Å². The van der Waals surface area contributed by atoms with E-state index in [2.05, 4.69) is 61.3 Å². The Morgan fingerprint density at radius 2 is 1.58 bits per heavy atom. The molecule has 0 atom stereocenters. The molecule has 1 aliphatic rings. The first-order chi connectivity index (χ1) is 9.14. The number of benzene rings is 2. The van der Waals surface area contributed by atoms with Gasteiger partial charge in [-0.2, -0.15) is 0 Å². The fraction of sp³-hybridized carbons (Fsp3) is 0.235. The second-order valence-corrected chi connectivity index (χ2v) is 5.46. The van der Waals surface area contributed by atoms with Crippen molar-refractivity contribution >= 4 is 5.90 Å². The van der Waals surface area contributed by atoms with E-state index in [0.29, 0.717) is 6.61 Å². The smallest absolute Gasteiger partial charge is 0.216 e. The summed E-state index contributed by atoms with van der Waals surface area (Å²) in [6.45, 7) is 4.82. The predicted octanol–water partition coefficient (Wildman–Crippen LogP) is 3.91. The zero-order chi connectivity index (χ0) is 13.3. The van der Waals surface area contributed by atoms with E-state index in [9.17, 15) is 0 Å². The van der Waals surface area contributed by atoms with Gasteiger partial charge < -0.3 is 4.74 Å². The minimum Gasteiger partial charge on any atom is -0.475 e. The number of hydrogen-bond donors (Lipinski definition) is 0. The molecule has 96 valence electrons. The minimum absolute atomic E-state index is 0.113. The summed E-state index contributed by atoms with van der Waals surface area (Å²) in [4.78, 5) is 4.62. The third-order valence-electron chi connectivity index (χ3n) is 3.18. The molecule has 1 heterocycles. The monoisotopic (exact) mass is 251 g/mol. The maximum Gasteiger partial charge on any atom is 0.216 e. The molecule has 19 heavy (non-hydrogen) atoms. The van der Waals surface area contributed by atoms with Crippen LogP contribution in [-0.4, -0.2) is 18.0 Å². The second kappa shape index (κ2) is 4.54. The van der Waals surface area contributed by atoms with E-state index in [1.165, 1.54) is 11.1 Å². The van der Waals surface area contributed by atoms with Crippen LogP contribution in [0.1, 0.15) is 19.4 Å². The van der Waals surface area contributed by atoms with Gasteiger partial charge in [-0.05, 0) is 37.1 Å². The van der Waals surface area contributed by atoms with Crippen molar-refractivity contribution in [3.63, 3.8) is 0 Å². The molecular formula is C17H17NO. The molecular weight excluding hydrogens is 234 g/mol. The molecule has 0 saturated carbocycles. The highest BCUT2D eigenvalue weighted by molar-refractivity contribution is 5.96. The SMILES string of the molecule is CC1(C)COC(c2cccc(-c3ccccc3)c2)=N1. The Labute approximate surface area is 113 Å². The van der Waals surface area contributed by atoms with E-state index in [4.69, 9.17) is 4.74 Å². The van der Waals surface area contributed by atoms with Crippen molar-refractivity contribution in [3.05, 3.63) is 60.2 Å². The summed E-state index contributed by atoms with van der Waals surface area (Å²) in [6.07, 6.45) is 0. The molecule has 2 heteroatoms. The van der Waals surface area contributed by atoms with Crippen molar-refractivity contribution < 1.29 is 4.74 Å². The van der Waals surface area contributed by atoms with E-state index in [1.807, 2.05) is 12.1 Å². The summed E-state index contributed by atoms with van der Waals surface area (Å²) in [5.74, 6) is 0.753. The van der Waals surface area contributed by atoms with E-state index in [-0.39, 0.29) is 5.54 Å². The first kappa shape index (κ1) is 12.0. The molecule has 2 aromatic carbocycles. The number of aliphatic imine (C=N–C) groups is 1. The Hall–Kier alpha value is -2.09. The van der Waals surface area contributed by atoms with Gasteiger partial charge in [0.15, 0.2) is 0 Å². The average molecular weight is 251 g/mol. The van der Waals surface area contributed by atoms with E-state index < -0.39 is 0 Å². The highest BCUT2D eigenvalue weighted by atomic mass is 16.5. The molecule has 0 aromatic heterocycles. The quantitative estimate of drug-likeness (QED) is 0.793. The number of ether oxygens (including phenoxy) is 1.